The summed E-state index contributed by atoms with van der Waals surface area (Å²) in [5.74, 6) is -3.90. The number of hydrazine groups is 1. The number of halogens is 3. The van der Waals surface area contributed by atoms with Gasteiger partial charge in [0, 0.05) is 18.7 Å². The van der Waals surface area contributed by atoms with Crippen LogP contribution in [0.15, 0.2) is 35.6 Å². The summed E-state index contributed by atoms with van der Waals surface area (Å²) in [5, 5.41) is -0.727. The molecule has 0 fully saturated rings. The first-order chi connectivity index (χ1) is 11.5. The lowest BCUT2D eigenvalue weighted by Gasteiger charge is -2.13. The van der Waals surface area contributed by atoms with E-state index in [1.54, 1.807) is 0 Å². The van der Waals surface area contributed by atoms with Gasteiger partial charge in [0.1, 0.15) is 0 Å². The van der Waals surface area contributed by atoms with Gasteiger partial charge < -0.3 is 0 Å². The van der Waals surface area contributed by atoms with Gasteiger partial charge in [-0.25, -0.2) is 27.2 Å². The minimum atomic E-state index is -3.73. The highest BCUT2D eigenvalue weighted by molar-refractivity contribution is 7.90. The molecule has 1 aromatic carbocycles. The first-order valence-corrected chi connectivity index (χ1v) is 9.03. The topological polar surface area (TPSA) is 101 Å². The van der Waals surface area contributed by atoms with Crippen LogP contribution in [0, 0.1) is 0 Å². The summed E-state index contributed by atoms with van der Waals surface area (Å²) in [5.41, 5.74) is 4.23. The number of anilines is 1. The van der Waals surface area contributed by atoms with Crippen LogP contribution in [0.2, 0.25) is 5.02 Å². The number of hydrogen-bond acceptors (Lipinski definition) is 6. The Morgan fingerprint density at radius 2 is 2.00 bits per heavy atom. The second kappa shape index (κ2) is 6.89. The quantitative estimate of drug-likeness (QED) is 0.600. The standard InChI is InChI=1S/C14H13ClF2N4O3S/c1-14(16,17)8-4-3-5-9(6-8)20-21-12(22)11-10(15)7-18-13(19-11)25(2,23)24/h3-7,20H,1-2H3,(H,21,22). The highest BCUT2D eigenvalue weighted by Gasteiger charge is 2.24. The van der Waals surface area contributed by atoms with Crippen molar-refractivity contribution in [1.82, 2.24) is 15.4 Å². The molecule has 2 aromatic rings. The van der Waals surface area contributed by atoms with Crippen LogP contribution in [0.4, 0.5) is 14.5 Å². The number of aromatic nitrogens is 2. The predicted octanol–water partition coefficient (Wildman–Crippen LogP) is 2.40. The van der Waals surface area contributed by atoms with Gasteiger partial charge in [-0.2, -0.15) is 0 Å². The summed E-state index contributed by atoms with van der Waals surface area (Å²) < 4.78 is 49.5. The number of benzene rings is 1. The predicted molar refractivity (Wildman–Crippen MR) is 87.3 cm³/mol. The Labute approximate surface area is 147 Å². The van der Waals surface area contributed by atoms with Gasteiger partial charge in [0.05, 0.1) is 16.9 Å². The average molecular weight is 391 g/mol. The maximum atomic E-state index is 13.3. The maximum absolute atomic E-state index is 13.3. The molecule has 7 nitrogen and oxygen atoms in total. The Morgan fingerprint density at radius 1 is 1.32 bits per heavy atom. The first-order valence-electron chi connectivity index (χ1n) is 6.76. The van der Waals surface area contributed by atoms with Crippen LogP contribution in [0.5, 0.6) is 0 Å². The minimum Gasteiger partial charge on any atom is -0.298 e. The van der Waals surface area contributed by atoms with Gasteiger partial charge in [0.2, 0.25) is 15.0 Å². The van der Waals surface area contributed by atoms with Gasteiger partial charge in [0.15, 0.2) is 5.69 Å². The van der Waals surface area contributed by atoms with Crippen LogP contribution in [0.25, 0.3) is 0 Å². The van der Waals surface area contributed by atoms with E-state index in [1.807, 2.05) is 0 Å². The summed E-state index contributed by atoms with van der Waals surface area (Å²) in [6.45, 7) is 0.748. The van der Waals surface area contributed by atoms with E-state index < -0.39 is 26.8 Å². The number of rotatable bonds is 5. The Morgan fingerprint density at radius 3 is 2.60 bits per heavy atom. The average Bonchev–Trinajstić information content (AvgIpc) is 2.51. The van der Waals surface area contributed by atoms with Crippen molar-refractivity contribution in [3.05, 3.63) is 46.7 Å². The Kier molecular flexibility index (Phi) is 5.23. The zero-order valence-corrected chi connectivity index (χ0v) is 14.6. The number of carbonyl (C=O) groups is 1. The summed E-state index contributed by atoms with van der Waals surface area (Å²) in [6, 6.07) is 5.25. The summed E-state index contributed by atoms with van der Waals surface area (Å²) in [6.07, 6.45) is 1.87. The molecule has 0 bridgehead atoms. The van der Waals surface area contributed by atoms with Gasteiger partial charge in [-0.1, -0.05) is 23.7 Å². The van der Waals surface area contributed by atoms with Crippen LogP contribution >= 0.6 is 11.6 Å². The molecular formula is C14H13ClF2N4O3S. The largest absolute Gasteiger partial charge is 0.298 e. The van der Waals surface area contributed by atoms with Crippen molar-refractivity contribution in [3.63, 3.8) is 0 Å². The molecule has 0 saturated heterocycles. The molecule has 0 saturated carbocycles. The highest BCUT2D eigenvalue weighted by atomic mass is 35.5. The molecule has 0 aliphatic heterocycles. The molecule has 0 aliphatic carbocycles. The van der Waals surface area contributed by atoms with Gasteiger partial charge in [-0.15, -0.1) is 0 Å². The summed E-state index contributed by atoms with van der Waals surface area (Å²) in [4.78, 5) is 19.3. The molecule has 2 rings (SSSR count). The number of nitrogens with one attached hydrogen (secondary N) is 2. The summed E-state index contributed by atoms with van der Waals surface area (Å²) in [7, 11) is -3.73. The molecule has 1 amide bonds. The molecule has 0 aliphatic rings. The lowest BCUT2D eigenvalue weighted by Crippen LogP contribution is -2.31. The molecule has 134 valence electrons. The molecule has 2 N–H and O–H groups in total. The number of hydrogen-bond donors (Lipinski definition) is 2. The van der Waals surface area contributed by atoms with Crippen LogP contribution < -0.4 is 10.9 Å². The monoisotopic (exact) mass is 390 g/mol. The lowest BCUT2D eigenvalue weighted by molar-refractivity contribution is 0.0175. The second-order valence-corrected chi connectivity index (χ2v) is 7.49. The van der Waals surface area contributed by atoms with E-state index in [0.29, 0.717) is 0 Å². The van der Waals surface area contributed by atoms with Crippen molar-refractivity contribution in [3.8, 4) is 0 Å². The number of nitrogens with zero attached hydrogens (tertiary/aromatic N) is 2. The van der Waals surface area contributed by atoms with Gasteiger partial charge in [0.25, 0.3) is 11.8 Å². The van der Waals surface area contributed by atoms with E-state index in [1.165, 1.54) is 18.2 Å². The van der Waals surface area contributed by atoms with E-state index in [4.69, 9.17) is 11.6 Å². The number of alkyl halides is 2. The van der Waals surface area contributed by atoms with Crippen molar-refractivity contribution < 1.29 is 22.0 Å². The van der Waals surface area contributed by atoms with E-state index in [2.05, 4.69) is 20.8 Å². The van der Waals surface area contributed by atoms with Gasteiger partial charge in [-0.3, -0.25) is 15.6 Å². The van der Waals surface area contributed by atoms with E-state index in [9.17, 15) is 22.0 Å². The molecule has 11 heteroatoms. The minimum absolute atomic E-state index is 0.166. The van der Waals surface area contributed by atoms with Crippen molar-refractivity contribution in [2.24, 2.45) is 0 Å². The first kappa shape index (κ1) is 19.0. The molecule has 0 atom stereocenters. The van der Waals surface area contributed by atoms with E-state index in [0.717, 1.165) is 25.4 Å². The smallest absolute Gasteiger partial charge is 0.289 e. The second-order valence-electron chi connectivity index (χ2n) is 5.17. The molecule has 0 spiro atoms. The molecule has 25 heavy (non-hydrogen) atoms. The third-order valence-electron chi connectivity index (χ3n) is 2.96. The fourth-order valence-electron chi connectivity index (χ4n) is 1.75. The fraction of sp³-hybridized carbons (Fsp3) is 0.214. The Hall–Kier alpha value is -2.33. The third kappa shape index (κ3) is 4.83. The SMILES string of the molecule is CC(F)(F)c1cccc(NNC(=O)c2nc(S(C)(=O)=O)ncc2Cl)c1. The van der Waals surface area contributed by atoms with Crippen molar-refractivity contribution in [2.75, 3.05) is 11.7 Å². The molecular weight excluding hydrogens is 378 g/mol. The van der Waals surface area contributed by atoms with Gasteiger partial charge in [-0.05, 0) is 12.1 Å². The van der Waals surface area contributed by atoms with Crippen LogP contribution in [0.3, 0.4) is 0 Å². The van der Waals surface area contributed by atoms with Crippen molar-refractivity contribution in [1.29, 1.82) is 0 Å². The maximum Gasteiger partial charge on any atom is 0.289 e. The zero-order valence-electron chi connectivity index (χ0n) is 13.0. The Bertz CT molecular complexity index is 917. The van der Waals surface area contributed by atoms with Crippen molar-refractivity contribution in [2.45, 2.75) is 18.0 Å². The zero-order chi connectivity index (χ0) is 18.8. The third-order valence-corrected chi connectivity index (χ3v) is 4.10. The lowest BCUT2D eigenvalue weighted by atomic mass is 10.1. The van der Waals surface area contributed by atoms with Crippen LogP contribution in [-0.4, -0.2) is 30.5 Å². The number of amides is 1. The molecule has 1 heterocycles. The molecule has 0 unspecified atom stereocenters. The fourth-order valence-corrected chi connectivity index (χ4v) is 2.43. The van der Waals surface area contributed by atoms with Crippen molar-refractivity contribution >= 4 is 33.0 Å². The van der Waals surface area contributed by atoms with Crippen LogP contribution in [0.1, 0.15) is 23.0 Å². The van der Waals surface area contributed by atoms with Crippen LogP contribution in [-0.2, 0) is 15.8 Å². The van der Waals surface area contributed by atoms with E-state index in [-0.39, 0.29) is 22.0 Å². The molecule has 0 radical (unpaired) electrons. The highest BCUT2D eigenvalue weighted by Crippen LogP contribution is 2.28. The number of sulfone groups is 1. The Balaban J connectivity index is 2.19. The normalized spacial score (nSPS) is 11.9. The van der Waals surface area contributed by atoms with Gasteiger partial charge >= 0.3 is 0 Å². The summed E-state index contributed by atoms with van der Waals surface area (Å²) >= 11 is 5.80. The van der Waals surface area contributed by atoms with E-state index >= 15 is 0 Å². The molecule has 1 aromatic heterocycles. The number of carbonyl (C=O) groups excluding carboxylic acids is 1.